The van der Waals surface area contributed by atoms with Gasteiger partial charge in [-0.15, -0.1) is 0 Å². The average Bonchev–Trinajstić information content (AvgIpc) is 2.42. The lowest BCUT2D eigenvalue weighted by molar-refractivity contribution is 0.627. The largest absolute Gasteiger partial charge is 0.398 e. The molecule has 0 bridgehead atoms. The van der Waals surface area contributed by atoms with Gasteiger partial charge in [0.15, 0.2) is 5.82 Å². The summed E-state index contributed by atoms with van der Waals surface area (Å²) < 4.78 is 27.5. The molecule has 0 radical (unpaired) electrons. The highest BCUT2D eigenvalue weighted by Crippen LogP contribution is 2.32. The van der Waals surface area contributed by atoms with Crippen molar-refractivity contribution >= 4 is 39.6 Å². The summed E-state index contributed by atoms with van der Waals surface area (Å²) in [5, 5.41) is 3.63. The summed E-state index contributed by atoms with van der Waals surface area (Å²) in [5.41, 5.74) is 6.90. The van der Waals surface area contributed by atoms with Gasteiger partial charge in [0, 0.05) is 28.0 Å². The molecule has 1 aromatic heterocycles. The van der Waals surface area contributed by atoms with Crippen LogP contribution in [0.15, 0.2) is 42.6 Å². The van der Waals surface area contributed by atoms with E-state index in [2.05, 4.69) is 10.3 Å². The molecular weight excluding hydrogens is 296 g/mol. The maximum atomic E-state index is 14.2. The lowest BCUT2D eigenvalue weighted by Gasteiger charge is -2.12. The van der Waals surface area contributed by atoms with Gasteiger partial charge >= 0.3 is 0 Å². The monoisotopic (exact) mass is 305 g/mol. The van der Waals surface area contributed by atoms with Gasteiger partial charge in [0.05, 0.1) is 5.52 Å². The van der Waals surface area contributed by atoms with Crippen LogP contribution < -0.4 is 11.1 Å². The Morgan fingerprint density at radius 3 is 2.71 bits per heavy atom. The lowest BCUT2D eigenvalue weighted by Crippen LogP contribution is -2.00. The molecular formula is C15H10ClF2N3. The first kappa shape index (κ1) is 13.6. The van der Waals surface area contributed by atoms with Gasteiger partial charge in [-0.05, 0) is 36.4 Å². The number of fused-ring (bicyclic) bond motifs is 1. The van der Waals surface area contributed by atoms with Crippen molar-refractivity contribution in [3.63, 3.8) is 0 Å². The molecule has 2 aromatic carbocycles. The molecule has 0 unspecified atom stereocenters. The number of rotatable bonds is 2. The van der Waals surface area contributed by atoms with Crippen molar-refractivity contribution < 1.29 is 8.78 Å². The van der Waals surface area contributed by atoms with E-state index >= 15 is 0 Å². The highest BCUT2D eigenvalue weighted by Gasteiger charge is 2.12. The highest BCUT2D eigenvalue weighted by molar-refractivity contribution is 6.30. The number of nitrogens with two attached hydrogens (primary N) is 1. The zero-order valence-electron chi connectivity index (χ0n) is 10.7. The SMILES string of the molecule is Nc1cc(F)c(Nc2cc(F)cc(Cl)c2)c2ncccc12. The van der Waals surface area contributed by atoms with Gasteiger partial charge in [-0.2, -0.15) is 0 Å². The highest BCUT2D eigenvalue weighted by atomic mass is 35.5. The topological polar surface area (TPSA) is 50.9 Å². The predicted octanol–water partition coefficient (Wildman–Crippen LogP) is 4.49. The third-order valence-corrected chi connectivity index (χ3v) is 3.23. The predicted molar refractivity (Wildman–Crippen MR) is 80.8 cm³/mol. The Labute approximate surface area is 124 Å². The fourth-order valence-corrected chi connectivity index (χ4v) is 2.35. The van der Waals surface area contributed by atoms with Gasteiger partial charge in [-0.25, -0.2) is 8.78 Å². The average molecular weight is 306 g/mol. The van der Waals surface area contributed by atoms with E-state index in [1.807, 2.05) is 0 Å². The summed E-state index contributed by atoms with van der Waals surface area (Å²) in [4.78, 5) is 4.13. The van der Waals surface area contributed by atoms with Gasteiger partial charge in [0.1, 0.15) is 11.5 Å². The number of benzene rings is 2. The maximum absolute atomic E-state index is 14.2. The molecule has 0 fully saturated rings. The van der Waals surface area contributed by atoms with Gasteiger partial charge < -0.3 is 11.1 Å². The molecule has 3 rings (SSSR count). The van der Waals surface area contributed by atoms with Gasteiger partial charge in [0.2, 0.25) is 0 Å². The third-order valence-electron chi connectivity index (χ3n) is 3.01. The molecule has 106 valence electrons. The van der Waals surface area contributed by atoms with Crippen LogP contribution in [0.5, 0.6) is 0 Å². The molecule has 6 heteroatoms. The van der Waals surface area contributed by atoms with E-state index in [1.165, 1.54) is 30.5 Å². The van der Waals surface area contributed by atoms with Gasteiger partial charge in [-0.1, -0.05) is 11.6 Å². The zero-order valence-corrected chi connectivity index (χ0v) is 11.5. The molecule has 0 aliphatic carbocycles. The number of halogens is 3. The Bertz CT molecular complexity index is 816. The van der Waals surface area contributed by atoms with Gasteiger partial charge in [-0.3, -0.25) is 4.98 Å². The summed E-state index contributed by atoms with van der Waals surface area (Å²) in [6, 6.07) is 8.53. The second-order valence-electron chi connectivity index (χ2n) is 4.51. The van der Waals surface area contributed by atoms with Crippen LogP contribution in [0.4, 0.5) is 25.8 Å². The second-order valence-corrected chi connectivity index (χ2v) is 4.94. The van der Waals surface area contributed by atoms with Crippen molar-refractivity contribution in [1.82, 2.24) is 4.98 Å². The number of nitrogens with zero attached hydrogens (tertiary/aromatic N) is 1. The molecule has 1 heterocycles. The van der Waals surface area contributed by atoms with Crippen LogP contribution in [0.3, 0.4) is 0 Å². The first-order valence-corrected chi connectivity index (χ1v) is 6.48. The van der Waals surface area contributed by atoms with Crippen molar-refractivity contribution in [3.05, 3.63) is 59.3 Å². The van der Waals surface area contributed by atoms with Crippen LogP contribution in [0.25, 0.3) is 10.9 Å². The normalized spacial score (nSPS) is 10.8. The molecule has 0 saturated heterocycles. The molecule has 3 nitrogen and oxygen atoms in total. The van der Waals surface area contributed by atoms with Crippen molar-refractivity contribution in [2.24, 2.45) is 0 Å². The number of hydrogen-bond donors (Lipinski definition) is 2. The van der Waals surface area contributed by atoms with Gasteiger partial charge in [0.25, 0.3) is 0 Å². The number of hydrogen-bond acceptors (Lipinski definition) is 3. The Morgan fingerprint density at radius 1 is 1.14 bits per heavy atom. The minimum Gasteiger partial charge on any atom is -0.398 e. The smallest absolute Gasteiger partial charge is 0.150 e. The van der Waals surface area contributed by atoms with E-state index in [4.69, 9.17) is 17.3 Å². The molecule has 0 aliphatic heterocycles. The van der Waals surface area contributed by atoms with Crippen molar-refractivity contribution in [2.45, 2.75) is 0 Å². The fourth-order valence-electron chi connectivity index (χ4n) is 2.13. The van der Waals surface area contributed by atoms with E-state index in [-0.39, 0.29) is 10.7 Å². The van der Waals surface area contributed by atoms with E-state index < -0.39 is 11.6 Å². The molecule has 3 aromatic rings. The van der Waals surface area contributed by atoms with Crippen LogP contribution in [-0.4, -0.2) is 4.98 Å². The van der Waals surface area contributed by atoms with Crippen LogP contribution in [0, 0.1) is 11.6 Å². The molecule has 0 aliphatic rings. The van der Waals surface area contributed by atoms with E-state index in [1.54, 1.807) is 12.1 Å². The first-order chi connectivity index (χ1) is 10.0. The molecule has 0 amide bonds. The Hall–Kier alpha value is -2.40. The molecule has 0 spiro atoms. The van der Waals surface area contributed by atoms with Crippen LogP contribution in [-0.2, 0) is 0 Å². The number of aromatic nitrogens is 1. The van der Waals surface area contributed by atoms with Crippen LogP contribution in [0.2, 0.25) is 5.02 Å². The summed E-state index contributed by atoms with van der Waals surface area (Å²) in [6.45, 7) is 0. The Morgan fingerprint density at radius 2 is 1.95 bits per heavy atom. The number of pyridine rings is 1. The quantitative estimate of drug-likeness (QED) is 0.686. The molecule has 0 saturated carbocycles. The standard InChI is InChI=1S/C15H10ClF2N3/c16-8-4-9(17)6-10(5-8)21-15-12(18)7-13(19)11-2-1-3-20-14(11)15/h1-7,21H,19H2. The van der Waals surface area contributed by atoms with E-state index in [0.29, 0.717) is 22.3 Å². The van der Waals surface area contributed by atoms with E-state index in [0.717, 1.165) is 0 Å². The van der Waals surface area contributed by atoms with E-state index in [9.17, 15) is 8.78 Å². The van der Waals surface area contributed by atoms with Crippen LogP contribution >= 0.6 is 11.6 Å². The first-order valence-electron chi connectivity index (χ1n) is 6.10. The fraction of sp³-hybridized carbons (Fsp3) is 0. The molecule has 0 atom stereocenters. The van der Waals surface area contributed by atoms with Crippen molar-refractivity contribution in [1.29, 1.82) is 0 Å². The summed E-state index contributed by atoms with van der Waals surface area (Å²) >= 11 is 5.79. The molecule has 21 heavy (non-hydrogen) atoms. The number of anilines is 3. The van der Waals surface area contributed by atoms with Crippen molar-refractivity contribution in [2.75, 3.05) is 11.1 Å². The summed E-state index contributed by atoms with van der Waals surface area (Å²) in [7, 11) is 0. The summed E-state index contributed by atoms with van der Waals surface area (Å²) in [5.74, 6) is -1.09. The number of nitrogens with one attached hydrogen (secondary N) is 1. The maximum Gasteiger partial charge on any atom is 0.150 e. The molecule has 3 N–H and O–H groups in total. The minimum atomic E-state index is -0.570. The summed E-state index contributed by atoms with van der Waals surface area (Å²) in [6.07, 6.45) is 1.53. The minimum absolute atomic E-state index is 0.126. The Balaban J connectivity index is 2.16. The third kappa shape index (κ3) is 2.60. The Kier molecular flexibility index (Phi) is 3.35. The number of nitrogen functional groups attached to an aromatic ring is 1. The van der Waals surface area contributed by atoms with Crippen molar-refractivity contribution in [3.8, 4) is 0 Å². The zero-order chi connectivity index (χ0) is 15.0. The lowest BCUT2D eigenvalue weighted by atomic mass is 10.1. The van der Waals surface area contributed by atoms with Crippen LogP contribution in [0.1, 0.15) is 0 Å². The second kappa shape index (κ2) is 5.18.